The molecule has 9 heteroatoms. The molecule has 27 heavy (non-hydrogen) atoms. The van der Waals surface area contributed by atoms with Crippen molar-refractivity contribution in [3.05, 3.63) is 41.9 Å². The van der Waals surface area contributed by atoms with Crippen LogP contribution in [0.5, 0.6) is 0 Å². The predicted molar refractivity (Wildman–Crippen MR) is 104 cm³/mol. The highest BCUT2D eigenvalue weighted by Gasteiger charge is 2.21. The van der Waals surface area contributed by atoms with Gasteiger partial charge in [-0.05, 0) is 25.3 Å². The van der Waals surface area contributed by atoms with E-state index in [1.54, 1.807) is 17.8 Å². The number of nitrogens with one attached hydrogen (secondary N) is 2. The zero-order chi connectivity index (χ0) is 18.8. The third-order valence-electron chi connectivity index (χ3n) is 4.43. The molecule has 3 aromatic heterocycles. The molecule has 4 rings (SSSR count). The van der Waals surface area contributed by atoms with Crippen LogP contribution in [-0.2, 0) is 4.74 Å². The van der Waals surface area contributed by atoms with Gasteiger partial charge in [0.2, 0.25) is 0 Å². The lowest BCUT2D eigenvalue weighted by molar-refractivity contribution is 0.0662. The van der Waals surface area contributed by atoms with E-state index in [2.05, 4.69) is 32.2 Å². The van der Waals surface area contributed by atoms with Crippen LogP contribution in [0.4, 0.5) is 5.69 Å². The first kappa shape index (κ1) is 17.6. The Labute approximate surface area is 160 Å². The van der Waals surface area contributed by atoms with Crippen molar-refractivity contribution in [3.8, 4) is 10.6 Å². The Morgan fingerprint density at radius 2 is 2.26 bits per heavy atom. The van der Waals surface area contributed by atoms with E-state index in [-0.39, 0.29) is 11.9 Å². The topological polar surface area (TPSA) is 97.7 Å². The molecule has 0 radical (unpaired) electrons. The maximum absolute atomic E-state index is 12.7. The van der Waals surface area contributed by atoms with Gasteiger partial charge in [-0.2, -0.15) is 10.2 Å². The second-order valence-electron chi connectivity index (χ2n) is 6.47. The third kappa shape index (κ3) is 3.69. The number of thiazole rings is 1. The number of rotatable bonds is 5. The second kappa shape index (κ2) is 7.45. The van der Waals surface area contributed by atoms with Crippen LogP contribution >= 0.6 is 11.3 Å². The molecule has 0 unspecified atom stereocenters. The van der Waals surface area contributed by atoms with Gasteiger partial charge in [-0.1, -0.05) is 6.58 Å². The van der Waals surface area contributed by atoms with Gasteiger partial charge in [0.1, 0.15) is 16.4 Å². The molecule has 0 aromatic carbocycles. The van der Waals surface area contributed by atoms with Crippen LogP contribution < -0.4 is 5.32 Å². The van der Waals surface area contributed by atoms with Gasteiger partial charge >= 0.3 is 0 Å². The molecule has 1 aliphatic heterocycles. The number of anilines is 1. The molecule has 0 aliphatic carbocycles. The third-order valence-corrected chi connectivity index (χ3v) is 5.32. The first-order valence-corrected chi connectivity index (χ1v) is 9.58. The molecular weight excluding hydrogens is 364 g/mol. The number of ether oxygens (including phenoxy) is 1. The highest BCUT2D eigenvalue weighted by Crippen LogP contribution is 2.28. The van der Waals surface area contributed by atoms with Gasteiger partial charge in [0.15, 0.2) is 0 Å². The fraction of sp³-hybridized carbons (Fsp3) is 0.333. The molecule has 0 bridgehead atoms. The Balaban J connectivity index is 1.55. The van der Waals surface area contributed by atoms with Gasteiger partial charge < -0.3 is 10.1 Å². The van der Waals surface area contributed by atoms with Gasteiger partial charge in [0, 0.05) is 36.6 Å². The van der Waals surface area contributed by atoms with Crippen molar-refractivity contribution in [2.45, 2.75) is 25.8 Å². The molecule has 2 N–H and O–H groups in total. The van der Waals surface area contributed by atoms with Gasteiger partial charge in [-0.3, -0.25) is 14.6 Å². The molecule has 0 spiro atoms. The molecule has 3 aromatic rings. The van der Waals surface area contributed by atoms with Crippen molar-refractivity contribution in [2.75, 3.05) is 18.5 Å². The Kier molecular flexibility index (Phi) is 4.87. The summed E-state index contributed by atoms with van der Waals surface area (Å²) >= 11 is 1.40. The summed E-state index contributed by atoms with van der Waals surface area (Å²) in [5.74, 6) is -0.268. The van der Waals surface area contributed by atoms with Crippen molar-refractivity contribution in [1.29, 1.82) is 0 Å². The largest absolute Gasteiger partial charge is 0.381 e. The lowest BCUT2D eigenvalue weighted by Gasteiger charge is -2.22. The number of amides is 1. The number of carbonyl (C=O) groups excluding carboxylic acids is 1. The highest BCUT2D eigenvalue weighted by atomic mass is 32.1. The molecule has 4 heterocycles. The number of nitrogens with zero attached hydrogens (tertiary/aromatic N) is 4. The molecule has 0 saturated carbocycles. The average Bonchev–Trinajstić information content (AvgIpc) is 3.42. The summed E-state index contributed by atoms with van der Waals surface area (Å²) in [5, 5.41) is 16.7. The number of aromatic nitrogens is 5. The summed E-state index contributed by atoms with van der Waals surface area (Å²) in [4.78, 5) is 17.1. The van der Waals surface area contributed by atoms with Gasteiger partial charge in [-0.15, -0.1) is 11.3 Å². The highest BCUT2D eigenvalue weighted by molar-refractivity contribution is 7.13. The zero-order valence-corrected chi connectivity index (χ0v) is 15.8. The minimum absolute atomic E-state index is 0.268. The van der Waals surface area contributed by atoms with E-state index in [0.29, 0.717) is 17.1 Å². The summed E-state index contributed by atoms with van der Waals surface area (Å²) in [6.45, 7) is 7.32. The van der Waals surface area contributed by atoms with Crippen molar-refractivity contribution in [3.63, 3.8) is 0 Å². The van der Waals surface area contributed by atoms with Gasteiger partial charge in [-0.25, -0.2) is 4.98 Å². The first-order chi connectivity index (χ1) is 13.1. The zero-order valence-electron chi connectivity index (χ0n) is 14.9. The molecule has 1 fully saturated rings. The molecule has 1 saturated heterocycles. The standard InChI is InChI=1S/C18H20N6O2S/c1-11(2)16-14(9-24(23-16)13-3-5-26-6-4-13)21-17(25)15-10-27-18(22-15)12-7-19-20-8-12/h7-10,13H,1,3-6H2,2H3,(H,19,20)(H,21,25). The first-order valence-electron chi connectivity index (χ1n) is 8.70. The summed E-state index contributed by atoms with van der Waals surface area (Å²) in [7, 11) is 0. The predicted octanol–water partition coefficient (Wildman–Crippen LogP) is 3.37. The second-order valence-corrected chi connectivity index (χ2v) is 7.33. The smallest absolute Gasteiger partial charge is 0.275 e. The number of carbonyl (C=O) groups is 1. The van der Waals surface area contributed by atoms with E-state index in [0.717, 1.165) is 42.2 Å². The fourth-order valence-corrected chi connectivity index (χ4v) is 3.78. The van der Waals surface area contributed by atoms with Gasteiger partial charge in [0.05, 0.1) is 17.9 Å². The SMILES string of the molecule is C=C(C)c1nn(C2CCOCC2)cc1NC(=O)c1csc(-c2cn[nH]c2)n1. The molecule has 8 nitrogen and oxygen atoms in total. The minimum Gasteiger partial charge on any atom is -0.381 e. The Hall–Kier alpha value is -2.78. The Bertz CT molecular complexity index is 953. The van der Waals surface area contributed by atoms with Crippen LogP contribution in [0.15, 0.2) is 30.5 Å². The van der Waals surface area contributed by atoms with Crippen LogP contribution in [0.2, 0.25) is 0 Å². The van der Waals surface area contributed by atoms with Crippen molar-refractivity contribution in [1.82, 2.24) is 25.0 Å². The summed E-state index contributed by atoms with van der Waals surface area (Å²) < 4.78 is 7.34. The van der Waals surface area contributed by atoms with E-state index >= 15 is 0 Å². The number of H-pyrrole nitrogens is 1. The summed E-state index contributed by atoms with van der Waals surface area (Å²) in [6, 6.07) is 0.273. The lowest BCUT2D eigenvalue weighted by atomic mass is 10.1. The quantitative estimate of drug-likeness (QED) is 0.703. The van der Waals surface area contributed by atoms with Crippen LogP contribution in [-0.4, -0.2) is 44.1 Å². The van der Waals surface area contributed by atoms with Crippen molar-refractivity contribution >= 4 is 28.5 Å². The maximum atomic E-state index is 12.7. The van der Waals surface area contributed by atoms with Crippen molar-refractivity contribution < 1.29 is 9.53 Å². The maximum Gasteiger partial charge on any atom is 0.275 e. The average molecular weight is 384 g/mol. The van der Waals surface area contributed by atoms with E-state index in [4.69, 9.17) is 4.74 Å². The number of hydrogen-bond donors (Lipinski definition) is 2. The number of aromatic amines is 1. The summed E-state index contributed by atoms with van der Waals surface area (Å²) in [5.41, 5.74) is 3.36. The van der Waals surface area contributed by atoms with E-state index < -0.39 is 0 Å². The summed E-state index contributed by atoms with van der Waals surface area (Å²) in [6.07, 6.45) is 7.12. The van der Waals surface area contributed by atoms with Crippen LogP contribution in [0.1, 0.15) is 42.0 Å². The fourth-order valence-electron chi connectivity index (χ4n) is 3.00. The molecule has 1 aliphatic rings. The van der Waals surface area contributed by atoms with E-state index in [1.165, 1.54) is 11.3 Å². The molecule has 1 amide bonds. The van der Waals surface area contributed by atoms with Crippen LogP contribution in [0, 0.1) is 0 Å². The van der Waals surface area contributed by atoms with Crippen LogP contribution in [0.3, 0.4) is 0 Å². The van der Waals surface area contributed by atoms with E-state index in [1.807, 2.05) is 17.8 Å². The van der Waals surface area contributed by atoms with Gasteiger partial charge in [0.25, 0.3) is 5.91 Å². The van der Waals surface area contributed by atoms with Crippen LogP contribution in [0.25, 0.3) is 16.1 Å². The normalized spacial score (nSPS) is 15.0. The Morgan fingerprint density at radius 1 is 1.44 bits per heavy atom. The number of hydrogen-bond acceptors (Lipinski definition) is 6. The minimum atomic E-state index is -0.268. The monoisotopic (exact) mass is 384 g/mol. The Morgan fingerprint density at radius 3 is 2.96 bits per heavy atom. The van der Waals surface area contributed by atoms with Crippen molar-refractivity contribution in [2.24, 2.45) is 0 Å². The number of allylic oxidation sites excluding steroid dienone is 1. The van der Waals surface area contributed by atoms with E-state index in [9.17, 15) is 4.79 Å². The molecule has 0 atom stereocenters. The molecule has 140 valence electrons. The molecular formula is C18H20N6O2S. The lowest BCUT2D eigenvalue weighted by Crippen LogP contribution is -2.20.